The van der Waals surface area contributed by atoms with E-state index in [1.54, 1.807) is 6.33 Å². The number of hydrogen-bond acceptors (Lipinski definition) is 6. The van der Waals surface area contributed by atoms with Crippen LogP contribution in [-0.4, -0.2) is 48.0 Å². The van der Waals surface area contributed by atoms with Gasteiger partial charge in [-0.3, -0.25) is 0 Å². The van der Waals surface area contributed by atoms with Crippen molar-refractivity contribution in [3.8, 4) is 0 Å². The van der Waals surface area contributed by atoms with Crippen LogP contribution in [0.15, 0.2) is 6.33 Å². The van der Waals surface area contributed by atoms with Crippen molar-refractivity contribution in [2.24, 2.45) is 23.7 Å². The van der Waals surface area contributed by atoms with Crippen molar-refractivity contribution >= 4 is 28.6 Å². The molecule has 0 radical (unpaired) electrons. The Morgan fingerprint density at radius 1 is 1.08 bits per heavy atom. The van der Waals surface area contributed by atoms with Crippen LogP contribution in [0.4, 0.5) is 5.82 Å². The Hall–Kier alpha value is -1.44. The van der Waals surface area contributed by atoms with Crippen LogP contribution in [-0.2, 0) is 0 Å². The highest BCUT2D eigenvalue weighted by Gasteiger charge is 2.60. The first kappa shape index (κ1) is 15.6. The molecule has 0 amide bonds. The molecule has 0 spiro atoms. The van der Waals surface area contributed by atoms with Gasteiger partial charge in [0.05, 0.1) is 18.5 Å². The molecule has 4 saturated carbocycles. The molecule has 8 heteroatoms. The Bertz CT molecular complexity index is 868. The molecule has 5 atom stereocenters. The average molecular weight is 376 g/mol. The summed E-state index contributed by atoms with van der Waals surface area (Å²) in [5.41, 5.74) is 1.34. The minimum absolute atomic E-state index is 0.187. The van der Waals surface area contributed by atoms with Crippen molar-refractivity contribution in [3.63, 3.8) is 0 Å². The van der Waals surface area contributed by atoms with Crippen LogP contribution in [0.5, 0.6) is 0 Å². The molecule has 0 bridgehead atoms. The van der Waals surface area contributed by atoms with Gasteiger partial charge in [0.1, 0.15) is 6.10 Å². The predicted octanol–water partition coefficient (Wildman–Crippen LogP) is 1.99. The van der Waals surface area contributed by atoms with E-state index < -0.39 is 12.2 Å². The molecular formula is C18H22ClN5O2. The lowest BCUT2D eigenvalue weighted by molar-refractivity contribution is 0.00386. The summed E-state index contributed by atoms with van der Waals surface area (Å²) in [6.07, 6.45) is 6.32. The minimum Gasteiger partial charge on any atom is -0.390 e. The molecule has 2 aromatic heterocycles. The highest BCUT2D eigenvalue weighted by atomic mass is 35.5. The third kappa shape index (κ3) is 2.30. The molecule has 0 aromatic carbocycles. The number of hydrogen-bond donors (Lipinski definition) is 3. The number of aliphatic hydroxyl groups is 2. The van der Waals surface area contributed by atoms with Crippen molar-refractivity contribution in [1.29, 1.82) is 0 Å². The van der Waals surface area contributed by atoms with Gasteiger partial charge in [-0.15, -0.1) is 0 Å². The number of fused-ring (bicyclic) bond motifs is 2. The molecule has 138 valence electrons. The van der Waals surface area contributed by atoms with Gasteiger partial charge in [0, 0.05) is 6.04 Å². The molecule has 0 saturated heterocycles. The standard InChI is InChI=1S/C18H22ClN5O2/c19-18-22-16(21-11(7-1-2-7)8-3-4-8)12-17(23-18)24(6-20-12)13-9-5-10(9)14(25)15(13)26/h6-11,13-15,25-26H,1-5H2,(H,21,22,23)/t9-,10?,13+,14?,15?/m0/s1. The zero-order valence-corrected chi connectivity index (χ0v) is 15.0. The van der Waals surface area contributed by atoms with Gasteiger partial charge in [0.25, 0.3) is 0 Å². The monoisotopic (exact) mass is 375 g/mol. The van der Waals surface area contributed by atoms with Gasteiger partial charge in [0.15, 0.2) is 17.0 Å². The van der Waals surface area contributed by atoms with Crippen LogP contribution >= 0.6 is 11.6 Å². The van der Waals surface area contributed by atoms with E-state index in [2.05, 4.69) is 20.3 Å². The summed E-state index contributed by atoms with van der Waals surface area (Å²) in [6.45, 7) is 0. The Labute approximate surface area is 155 Å². The summed E-state index contributed by atoms with van der Waals surface area (Å²) >= 11 is 6.23. The topological polar surface area (TPSA) is 96.1 Å². The van der Waals surface area contributed by atoms with Crippen molar-refractivity contribution in [2.75, 3.05) is 5.32 Å². The number of anilines is 1. The van der Waals surface area contributed by atoms with Crippen molar-refractivity contribution in [2.45, 2.75) is 56.4 Å². The first-order chi connectivity index (χ1) is 12.6. The van der Waals surface area contributed by atoms with Gasteiger partial charge in [-0.05, 0) is 67.4 Å². The summed E-state index contributed by atoms with van der Waals surface area (Å²) in [5.74, 6) is 2.63. The second-order valence-electron chi connectivity index (χ2n) is 8.55. The lowest BCUT2D eigenvalue weighted by Crippen LogP contribution is -2.31. The van der Waals surface area contributed by atoms with Gasteiger partial charge >= 0.3 is 0 Å². The van der Waals surface area contributed by atoms with Gasteiger partial charge < -0.3 is 20.1 Å². The van der Waals surface area contributed by atoms with E-state index in [0.29, 0.717) is 23.0 Å². The molecule has 2 heterocycles. The summed E-state index contributed by atoms with van der Waals surface area (Å²) in [7, 11) is 0. The maximum Gasteiger partial charge on any atom is 0.226 e. The van der Waals surface area contributed by atoms with E-state index in [1.165, 1.54) is 25.7 Å². The highest BCUT2D eigenvalue weighted by molar-refractivity contribution is 6.28. The Kier molecular flexibility index (Phi) is 3.18. The lowest BCUT2D eigenvalue weighted by atomic mass is 10.1. The van der Waals surface area contributed by atoms with Crippen LogP contribution in [0.25, 0.3) is 11.2 Å². The third-order valence-corrected chi connectivity index (χ3v) is 6.92. The Morgan fingerprint density at radius 3 is 2.42 bits per heavy atom. The number of aromatic nitrogens is 4. The van der Waals surface area contributed by atoms with Crippen molar-refractivity contribution in [3.05, 3.63) is 11.6 Å². The minimum atomic E-state index is -0.785. The highest BCUT2D eigenvalue weighted by Crippen LogP contribution is 2.58. The van der Waals surface area contributed by atoms with Crippen LogP contribution in [0.3, 0.4) is 0 Å². The zero-order valence-electron chi connectivity index (χ0n) is 14.3. The summed E-state index contributed by atoms with van der Waals surface area (Å²) in [6, 6.07) is 0.252. The molecule has 4 aliphatic rings. The fourth-order valence-corrected chi connectivity index (χ4v) is 5.16. The van der Waals surface area contributed by atoms with E-state index in [1.807, 2.05) is 4.57 Å². The van der Waals surface area contributed by atoms with E-state index in [4.69, 9.17) is 11.6 Å². The van der Waals surface area contributed by atoms with Crippen LogP contribution in [0.1, 0.15) is 38.1 Å². The number of aliphatic hydroxyl groups excluding tert-OH is 2. The van der Waals surface area contributed by atoms with E-state index in [-0.39, 0.29) is 23.2 Å². The SMILES string of the molecule is OC1C2C[C@@H]2[C@@H](n2cnc3c(NC(C4CC4)C4CC4)nc(Cl)nc32)C1O. The maximum absolute atomic E-state index is 10.4. The molecule has 7 nitrogen and oxygen atoms in total. The van der Waals surface area contributed by atoms with E-state index in [9.17, 15) is 10.2 Å². The number of nitrogens with zero attached hydrogens (tertiary/aromatic N) is 4. The fraction of sp³-hybridized carbons (Fsp3) is 0.722. The summed E-state index contributed by atoms with van der Waals surface area (Å²) in [5, 5.41) is 24.4. The maximum atomic E-state index is 10.4. The molecule has 0 aliphatic heterocycles. The third-order valence-electron chi connectivity index (χ3n) is 6.75. The average Bonchev–Trinajstić information content (AvgIpc) is 3.50. The molecule has 3 unspecified atom stereocenters. The predicted molar refractivity (Wildman–Crippen MR) is 95.8 cm³/mol. The molecular weight excluding hydrogens is 354 g/mol. The van der Waals surface area contributed by atoms with Gasteiger partial charge in [-0.1, -0.05) is 0 Å². The van der Waals surface area contributed by atoms with Gasteiger partial charge in [-0.25, -0.2) is 4.98 Å². The fourth-order valence-electron chi connectivity index (χ4n) is 5.00. The smallest absolute Gasteiger partial charge is 0.226 e. The number of imidazole rings is 1. The van der Waals surface area contributed by atoms with Crippen LogP contribution in [0.2, 0.25) is 5.28 Å². The molecule has 6 rings (SSSR count). The van der Waals surface area contributed by atoms with Crippen LogP contribution < -0.4 is 5.32 Å². The summed E-state index contributed by atoms with van der Waals surface area (Å²) in [4.78, 5) is 13.4. The molecule has 26 heavy (non-hydrogen) atoms. The van der Waals surface area contributed by atoms with Crippen molar-refractivity contribution in [1.82, 2.24) is 19.5 Å². The molecule has 3 N–H and O–H groups in total. The second-order valence-corrected chi connectivity index (χ2v) is 8.88. The molecule has 2 aromatic rings. The Balaban J connectivity index is 1.39. The lowest BCUT2D eigenvalue weighted by Gasteiger charge is -2.22. The van der Waals surface area contributed by atoms with E-state index >= 15 is 0 Å². The molecule has 4 fully saturated rings. The summed E-state index contributed by atoms with van der Waals surface area (Å²) < 4.78 is 1.89. The number of halogens is 1. The van der Waals surface area contributed by atoms with Crippen molar-refractivity contribution < 1.29 is 10.2 Å². The number of nitrogens with one attached hydrogen (secondary N) is 1. The van der Waals surface area contributed by atoms with Gasteiger partial charge in [0.2, 0.25) is 5.28 Å². The first-order valence-corrected chi connectivity index (χ1v) is 10.0. The first-order valence-electron chi connectivity index (χ1n) is 9.64. The normalized spacial score (nSPS) is 35.9. The van der Waals surface area contributed by atoms with Crippen LogP contribution in [0, 0.1) is 23.7 Å². The zero-order chi connectivity index (χ0) is 17.6. The quantitative estimate of drug-likeness (QED) is 0.692. The largest absolute Gasteiger partial charge is 0.390 e. The second kappa shape index (κ2) is 5.30. The number of rotatable bonds is 5. The molecule has 4 aliphatic carbocycles. The van der Waals surface area contributed by atoms with E-state index in [0.717, 1.165) is 18.3 Å². The van der Waals surface area contributed by atoms with Gasteiger partial charge in [-0.2, -0.15) is 9.97 Å². The Morgan fingerprint density at radius 2 is 1.81 bits per heavy atom.